The van der Waals surface area contributed by atoms with E-state index < -0.39 is 24.3 Å². The van der Waals surface area contributed by atoms with Crippen molar-refractivity contribution in [3.63, 3.8) is 0 Å². The number of nitriles is 2. The van der Waals surface area contributed by atoms with Crippen LogP contribution in [0.25, 0.3) is 11.4 Å². The third kappa shape index (κ3) is 9.73. The first kappa shape index (κ1) is 30.8. The molecule has 3 aromatic rings. The van der Waals surface area contributed by atoms with Crippen LogP contribution in [0, 0.1) is 26.2 Å². The fourth-order valence-corrected chi connectivity index (χ4v) is 3.04. The number of alkyl halides is 6. The predicted molar refractivity (Wildman–Crippen MR) is 119 cm³/mol. The monoisotopic (exact) mass is 638 g/mol. The minimum Gasteiger partial charge on any atom is -0.475 e. The number of carbonyl (C=O) groups is 2. The van der Waals surface area contributed by atoms with E-state index in [0.717, 1.165) is 14.9 Å². The molecule has 192 valence electrons. The highest BCUT2D eigenvalue weighted by molar-refractivity contribution is 14.1. The van der Waals surface area contributed by atoms with Crippen molar-refractivity contribution in [2.24, 2.45) is 0 Å². The van der Waals surface area contributed by atoms with Crippen LogP contribution < -0.4 is 9.13 Å². The molecule has 0 fully saturated rings. The van der Waals surface area contributed by atoms with Crippen LogP contribution in [0.2, 0.25) is 0 Å². The van der Waals surface area contributed by atoms with Gasteiger partial charge in [-0.2, -0.15) is 46.0 Å². The van der Waals surface area contributed by atoms with Crippen molar-refractivity contribution < 1.29 is 55.3 Å². The first-order chi connectivity index (χ1) is 17.1. The van der Waals surface area contributed by atoms with Crippen LogP contribution in [0.3, 0.4) is 0 Å². The van der Waals surface area contributed by atoms with Gasteiger partial charge in [-0.3, -0.25) is 0 Å². The molecule has 0 radical (unpaired) electrons. The quantitative estimate of drug-likeness (QED) is 0.249. The maximum Gasteiger partial charge on any atom is 0.490 e. The second-order valence-electron chi connectivity index (χ2n) is 6.43. The lowest BCUT2D eigenvalue weighted by Gasteiger charge is -2.02. The molecular formula is C22H13F6IN4O4+2. The molecule has 8 nitrogen and oxygen atoms in total. The number of carboxylic acids is 2. The summed E-state index contributed by atoms with van der Waals surface area (Å²) in [6.45, 7) is 0. The second kappa shape index (κ2) is 13.2. The van der Waals surface area contributed by atoms with Crippen LogP contribution in [0.4, 0.5) is 26.3 Å². The number of hydrogen-bond donors (Lipinski definition) is 2. The first-order valence-electron chi connectivity index (χ1n) is 9.34. The summed E-state index contributed by atoms with van der Waals surface area (Å²) in [6.07, 6.45) is -2.66. The third-order valence-electron chi connectivity index (χ3n) is 3.90. The molecule has 37 heavy (non-hydrogen) atoms. The van der Waals surface area contributed by atoms with Gasteiger partial charge in [-0.15, -0.1) is 0 Å². The molecule has 0 unspecified atom stereocenters. The summed E-state index contributed by atoms with van der Waals surface area (Å²) in [5.74, 6) is -5.51. The fraction of sp³-hybridized carbons (Fsp3) is 0.0909. The van der Waals surface area contributed by atoms with Gasteiger partial charge >= 0.3 is 24.3 Å². The Morgan fingerprint density at radius 3 is 1.41 bits per heavy atom. The summed E-state index contributed by atoms with van der Waals surface area (Å²) in [5.41, 5.74) is 3.27. The zero-order valence-electron chi connectivity index (χ0n) is 18.0. The van der Waals surface area contributed by atoms with E-state index in [1.54, 1.807) is 24.3 Å². The number of pyridine rings is 2. The lowest BCUT2D eigenvalue weighted by Crippen LogP contribution is -2.39. The van der Waals surface area contributed by atoms with Gasteiger partial charge in [0.25, 0.3) is 11.4 Å². The minimum atomic E-state index is -5.08. The van der Waals surface area contributed by atoms with E-state index in [1.807, 2.05) is 52.1 Å². The lowest BCUT2D eigenvalue weighted by atomic mass is 10.2. The Labute approximate surface area is 218 Å². The van der Waals surface area contributed by atoms with Gasteiger partial charge in [-0.05, 0) is 28.7 Å². The average molecular weight is 638 g/mol. The van der Waals surface area contributed by atoms with Crippen molar-refractivity contribution in [3.8, 4) is 23.5 Å². The number of benzene rings is 1. The van der Waals surface area contributed by atoms with Crippen LogP contribution in [0.15, 0.2) is 67.3 Å². The van der Waals surface area contributed by atoms with Gasteiger partial charge in [0.05, 0.1) is 26.8 Å². The highest BCUT2D eigenvalue weighted by Gasteiger charge is 2.38. The topological polar surface area (TPSA) is 130 Å². The van der Waals surface area contributed by atoms with Crippen molar-refractivity contribution in [1.29, 1.82) is 10.5 Å². The van der Waals surface area contributed by atoms with Gasteiger partial charge in [-0.25, -0.2) is 9.59 Å². The Balaban J connectivity index is 0.000000404. The van der Waals surface area contributed by atoms with Crippen molar-refractivity contribution in [2.75, 3.05) is 0 Å². The summed E-state index contributed by atoms with van der Waals surface area (Å²) in [5, 5.41) is 32.1. The Bertz CT molecular complexity index is 1310. The molecule has 15 heteroatoms. The summed E-state index contributed by atoms with van der Waals surface area (Å²) >= 11 is 2.30. The van der Waals surface area contributed by atoms with E-state index in [0.29, 0.717) is 11.1 Å². The SMILES string of the molecule is N#Cc1cc[n+](-c2cccc(I)c2-[n+]2ccc(C#N)cc2)cc1.O=C(O)C(F)(F)F.O=C(O)C(F)(F)F. The molecule has 0 aliphatic rings. The summed E-state index contributed by atoms with van der Waals surface area (Å²) in [6, 6.07) is 17.5. The zero-order chi connectivity index (χ0) is 28.4. The fourth-order valence-electron chi connectivity index (χ4n) is 2.28. The maximum absolute atomic E-state index is 10.6. The number of carboxylic acid groups (broad SMARTS) is 2. The Morgan fingerprint density at radius 2 is 1.08 bits per heavy atom. The Kier molecular flexibility index (Phi) is 11.0. The number of nitrogens with zero attached hydrogens (tertiary/aromatic N) is 4. The van der Waals surface area contributed by atoms with Crippen molar-refractivity contribution >= 4 is 34.5 Å². The summed E-state index contributed by atoms with van der Waals surface area (Å²) in [7, 11) is 0. The number of rotatable bonds is 2. The van der Waals surface area contributed by atoms with Crippen molar-refractivity contribution in [3.05, 3.63) is 81.9 Å². The molecule has 0 bridgehead atoms. The molecule has 2 aromatic heterocycles. The van der Waals surface area contributed by atoms with Crippen LogP contribution in [-0.4, -0.2) is 34.5 Å². The van der Waals surface area contributed by atoms with E-state index in [2.05, 4.69) is 34.7 Å². The third-order valence-corrected chi connectivity index (χ3v) is 4.77. The highest BCUT2D eigenvalue weighted by atomic mass is 127. The number of aromatic nitrogens is 2. The maximum atomic E-state index is 10.6. The normalized spacial score (nSPS) is 10.4. The molecule has 0 spiro atoms. The minimum absolute atomic E-state index is 0.624. The average Bonchev–Trinajstić information content (AvgIpc) is 2.83. The number of aliphatic carboxylic acids is 2. The molecule has 0 amide bonds. The number of halogens is 7. The molecule has 0 saturated heterocycles. The number of para-hydroxylation sites is 1. The standard InChI is InChI=1S/C18H11IN4.2C2HF3O2/c19-16-2-1-3-17(22-8-4-14(12-20)5-9-22)18(16)23-10-6-15(13-21)7-11-23;2*3-2(4,5)1(6)7/h1-11H;2*(H,6,7)/q+2;;. The molecule has 0 aliphatic heterocycles. The summed E-state index contributed by atoms with van der Waals surface area (Å²) in [4.78, 5) is 17.8. The zero-order valence-corrected chi connectivity index (χ0v) is 20.2. The lowest BCUT2D eigenvalue weighted by molar-refractivity contribution is -0.633. The van der Waals surface area contributed by atoms with Gasteiger partial charge in [-0.1, -0.05) is 6.07 Å². The van der Waals surface area contributed by atoms with Crippen LogP contribution in [0.5, 0.6) is 0 Å². The molecule has 2 N–H and O–H groups in total. The Hall–Kier alpha value is -4.25. The van der Waals surface area contributed by atoms with Crippen LogP contribution >= 0.6 is 22.6 Å². The molecule has 0 saturated carbocycles. The van der Waals surface area contributed by atoms with Gasteiger partial charge in [0.2, 0.25) is 0 Å². The van der Waals surface area contributed by atoms with Crippen molar-refractivity contribution in [2.45, 2.75) is 12.4 Å². The molecule has 2 heterocycles. The smallest absolute Gasteiger partial charge is 0.475 e. The highest BCUT2D eigenvalue weighted by Crippen LogP contribution is 2.17. The van der Waals surface area contributed by atoms with Gasteiger partial charge < -0.3 is 10.2 Å². The second-order valence-corrected chi connectivity index (χ2v) is 7.59. The Morgan fingerprint density at radius 1 is 0.730 bits per heavy atom. The number of hydrogen-bond acceptors (Lipinski definition) is 4. The summed E-state index contributed by atoms with van der Waals surface area (Å²) < 4.78 is 68.5. The van der Waals surface area contributed by atoms with Gasteiger partial charge in [0, 0.05) is 30.3 Å². The van der Waals surface area contributed by atoms with E-state index >= 15 is 0 Å². The first-order valence-corrected chi connectivity index (χ1v) is 10.4. The van der Waals surface area contributed by atoms with E-state index in [4.69, 9.17) is 30.3 Å². The van der Waals surface area contributed by atoms with Gasteiger partial charge in [0.15, 0.2) is 24.8 Å². The molecule has 1 aromatic carbocycles. The molecular weight excluding hydrogens is 625 g/mol. The molecule has 0 atom stereocenters. The van der Waals surface area contributed by atoms with Crippen molar-refractivity contribution in [1.82, 2.24) is 0 Å². The predicted octanol–water partition coefficient (Wildman–Crippen LogP) is 3.85. The van der Waals surface area contributed by atoms with Gasteiger partial charge in [0.1, 0.15) is 0 Å². The largest absolute Gasteiger partial charge is 0.490 e. The molecule has 3 rings (SSSR count). The van der Waals surface area contributed by atoms with E-state index in [-0.39, 0.29) is 0 Å². The van der Waals surface area contributed by atoms with E-state index in [1.165, 1.54) is 0 Å². The van der Waals surface area contributed by atoms with Crippen LogP contribution in [0.1, 0.15) is 11.1 Å². The molecule has 0 aliphatic carbocycles. The van der Waals surface area contributed by atoms with E-state index in [9.17, 15) is 26.3 Å². The van der Waals surface area contributed by atoms with Crippen LogP contribution in [-0.2, 0) is 9.59 Å².